The van der Waals surface area contributed by atoms with E-state index in [0.29, 0.717) is 10.8 Å². The lowest BCUT2D eigenvalue weighted by atomic mass is 10.2. The van der Waals surface area contributed by atoms with Crippen LogP contribution in [0.5, 0.6) is 0 Å². The number of hydrogen-bond donors (Lipinski definition) is 3. The molecule has 18 heavy (non-hydrogen) atoms. The smallest absolute Gasteiger partial charge is 0.404 e. The van der Waals surface area contributed by atoms with Crippen LogP contribution in [0.25, 0.3) is 0 Å². The molecule has 4 N–H and O–H groups in total. The van der Waals surface area contributed by atoms with Crippen molar-refractivity contribution in [2.75, 3.05) is 11.9 Å². The normalized spacial score (nSPS) is 12.2. The third kappa shape index (κ3) is 4.30. The number of hydrogen-bond acceptors (Lipinski definition) is 6. The molecule has 0 saturated carbocycles. The van der Waals surface area contributed by atoms with Gasteiger partial charge in [-0.05, 0) is 0 Å². The minimum absolute atomic E-state index is 0.152. The zero-order valence-electron chi connectivity index (χ0n) is 10.0. The highest BCUT2D eigenvalue weighted by Crippen LogP contribution is 2.21. The maximum Gasteiger partial charge on any atom is 0.404 e. The van der Waals surface area contributed by atoms with Crippen molar-refractivity contribution in [3.05, 3.63) is 11.1 Å². The molecule has 0 radical (unpaired) electrons. The van der Waals surface area contributed by atoms with Crippen LogP contribution in [0.1, 0.15) is 25.6 Å². The lowest BCUT2D eigenvalue weighted by Crippen LogP contribution is -2.19. The van der Waals surface area contributed by atoms with E-state index in [4.69, 9.17) is 5.73 Å². The number of carbonyl (C=O) groups is 2. The third-order valence-corrected chi connectivity index (χ3v) is 2.78. The van der Waals surface area contributed by atoms with Gasteiger partial charge >= 0.3 is 6.09 Å². The second-order valence-corrected chi connectivity index (χ2v) is 4.73. The van der Waals surface area contributed by atoms with E-state index in [9.17, 15) is 14.7 Å². The highest BCUT2D eigenvalue weighted by atomic mass is 32.1. The van der Waals surface area contributed by atoms with Crippen LogP contribution in [-0.4, -0.2) is 28.7 Å². The maximum atomic E-state index is 11.4. The fourth-order valence-corrected chi connectivity index (χ4v) is 1.75. The van der Waals surface area contributed by atoms with Gasteiger partial charge in [0.1, 0.15) is 12.7 Å². The summed E-state index contributed by atoms with van der Waals surface area (Å²) in [4.78, 5) is 25.8. The predicted octanol–water partition coefficient (Wildman–Crippen LogP) is 0.866. The van der Waals surface area contributed by atoms with Gasteiger partial charge in [-0.1, -0.05) is 13.8 Å². The van der Waals surface area contributed by atoms with Gasteiger partial charge in [0, 0.05) is 11.3 Å². The first-order valence-electron chi connectivity index (χ1n) is 5.26. The molecule has 0 aromatic carbocycles. The molecule has 2 amide bonds. The summed E-state index contributed by atoms with van der Waals surface area (Å²) in [5.41, 5.74) is 5.10. The van der Waals surface area contributed by atoms with Crippen molar-refractivity contribution in [2.24, 2.45) is 11.7 Å². The van der Waals surface area contributed by atoms with Gasteiger partial charge in [0.15, 0.2) is 5.13 Å². The molecule has 0 saturated heterocycles. The van der Waals surface area contributed by atoms with Crippen LogP contribution in [0.4, 0.5) is 9.93 Å². The summed E-state index contributed by atoms with van der Waals surface area (Å²) < 4.78 is 4.45. The van der Waals surface area contributed by atoms with E-state index in [-0.39, 0.29) is 18.4 Å². The number of rotatable bonds is 5. The quantitative estimate of drug-likeness (QED) is 0.736. The number of carbonyl (C=O) groups excluding carboxylic acids is 2. The van der Waals surface area contributed by atoms with Gasteiger partial charge in [-0.2, -0.15) is 0 Å². The van der Waals surface area contributed by atoms with Crippen LogP contribution in [0.15, 0.2) is 5.38 Å². The first-order chi connectivity index (χ1) is 8.40. The average molecular weight is 273 g/mol. The lowest BCUT2D eigenvalue weighted by molar-refractivity contribution is -0.118. The molecule has 1 aromatic heterocycles. The summed E-state index contributed by atoms with van der Waals surface area (Å²) in [7, 11) is 0. The van der Waals surface area contributed by atoms with Crippen LogP contribution < -0.4 is 11.1 Å². The van der Waals surface area contributed by atoms with Gasteiger partial charge in [-0.15, -0.1) is 11.3 Å². The molecule has 0 fully saturated rings. The van der Waals surface area contributed by atoms with Gasteiger partial charge in [-0.3, -0.25) is 4.79 Å². The second kappa shape index (κ2) is 6.31. The van der Waals surface area contributed by atoms with Crippen molar-refractivity contribution in [2.45, 2.75) is 20.0 Å². The lowest BCUT2D eigenvalue weighted by Gasteiger charge is -2.07. The molecular weight excluding hydrogens is 258 g/mol. The van der Waals surface area contributed by atoms with Crippen LogP contribution in [0.2, 0.25) is 0 Å². The summed E-state index contributed by atoms with van der Waals surface area (Å²) >= 11 is 1.18. The van der Waals surface area contributed by atoms with Crippen molar-refractivity contribution in [1.29, 1.82) is 0 Å². The summed E-state index contributed by atoms with van der Waals surface area (Å²) in [6.45, 7) is 3.26. The number of nitrogens with two attached hydrogens (primary N) is 1. The molecule has 0 aliphatic carbocycles. The number of nitrogens with zero attached hydrogens (tertiary/aromatic N) is 1. The molecule has 1 heterocycles. The van der Waals surface area contributed by atoms with Crippen molar-refractivity contribution in [1.82, 2.24) is 4.98 Å². The van der Waals surface area contributed by atoms with Gasteiger partial charge in [0.2, 0.25) is 5.91 Å². The number of thiazole rings is 1. The van der Waals surface area contributed by atoms with E-state index in [1.165, 1.54) is 11.3 Å². The number of amides is 2. The topological polar surface area (TPSA) is 115 Å². The van der Waals surface area contributed by atoms with Crippen LogP contribution in [-0.2, 0) is 9.53 Å². The fraction of sp³-hybridized carbons (Fsp3) is 0.500. The standard InChI is InChI=1S/C10H15N3O4S/c1-5(2)8(15)13-10-12-6(4-18-10)7(14)3-17-9(11)16/h4-5,7,14H,3H2,1-2H3,(H2,11,16)(H,12,13,15). The van der Waals surface area contributed by atoms with E-state index in [1.54, 1.807) is 19.2 Å². The van der Waals surface area contributed by atoms with E-state index in [2.05, 4.69) is 15.0 Å². The van der Waals surface area contributed by atoms with Gasteiger partial charge in [0.25, 0.3) is 0 Å². The molecule has 100 valence electrons. The Morgan fingerprint density at radius 1 is 1.61 bits per heavy atom. The van der Waals surface area contributed by atoms with E-state index < -0.39 is 12.2 Å². The van der Waals surface area contributed by atoms with Gasteiger partial charge < -0.3 is 20.9 Å². The molecule has 0 spiro atoms. The third-order valence-electron chi connectivity index (χ3n) is 2.00. The molecule has 0 aliphatic rings. The molecule has 1 aromatic rings. The van der Waals surface area contributed by atoms with Gasteiger partial charge in [0.05, 0.1) is 5.69 Å². The zero-order valence-corrected chi connectivity index (χ0v) is 10.9. The number of ether oxygens (including phenoxy) is 1. The summed E-state index contributed by atoms with van der Waals surface area (Å²) in [5.74, 6) is -0.306. The maximum absolute atomic E-state index is 11.4. The minimum atomic E-state index is -1.06. The van der Waals surface area contributed by atoms with E-state index in [1.807, 2.05) is 0 Å². The number of aromatic nitrogens is 1. The first-order valence-corrected chi connectivity index (χ1v) is 6.14. The van der Waals surface area contributed by atoms with E-state index in [0.717, 1.165) is 0 Å². The predicted molar refractivity (Wildman–Crippen MR) is 66.1 cm³/mol. The number of aliphatic hydroxyl groups excluding tert-OH is 1. The molecule has 1 unspecified atom stereocenters. The number of anilines is 1. The Kier molecular flexibility index (Phi) is 5.05. The van der Waals surface area contributed by atoms with Crippen LogP contribution in [0, 0.1) is 5.92 Å². The van der Waals surface area contributed by atoms with Crippen molar-refractivity contribution in [3.63, 3.8) is 0 Å². The molecule has 0 bridgehead atoms. The van der Waals surface area contributed by atoms with Crippen molar-refractivity contribution >= 4 is 28.5 Å². The number of primary amides is 1. The molecule has 8 heteroatoms. The Balaban J connectivity index is 2.57. The average Bonchev–Trinajstić information content (AvgIpc) is 2.74. The number of nitrogens with one attached hydrogen (secondary N) is 1. The molecule has 7 nitrogen and oxygen atoms in total. The molecular formula is C10H15N3O4S. The Labute approximate surface area is 108 Å². The Bertz CT molecular complexity index is 433. The largest absolute Gasteiger partial charge is 0.447 e. The summed E-state index contributed by atoms with van der Waals surface area (Å²) in [6.07, 6.45) is -2.02. The molecule has 1 rings (SSSR count). The fourth-order valence-electron chi connectivity index (χ4n) is 0.993. The van der Waals surface area contributed by atoms with Crippen LogP contribution >= 0.6 is 11.3 Å². The van der Waals surface area contributed by atoms with E-state index >= 15 is 0 Å². The van der Waals surface area contributed by atoms with Crippen LogP contribution in [0.3, 0.4) is 0 Å². The SMILES string of the molecule is CC(C)C(=O)Nc1nc(C(O)COC(N)=O)cs1. The second-order valence-electron chi connectivity index (χ2n) is 3.87. The summed E-state index contributed by atoms with van der Waals surface area (Å²) in [5, 5.41) is 14.2. The monoisotopic (exact) mass is 273 g/mol. The van der Waals surface area contributed by atoms with Crippen molar-refractivity contribution in [3.8, 4) is 0 Å². The highest BCUT2D eigenvalue weighted by Gasteiger charge is 2.15. The molecule has 0 aliphatic heterocycles. The minimum Gasteiger partial charge on any atom is -0.447 e. The Morgan fingerprint density at radius 2 is 2.28 bits per heavy atom. The summed E-state index contributed by atoms with van der Waals surface area (Å²) in [6, 6.07) is 0. The highest BCUT2D eigenvalue weighted by molar-refractivity contribution is 7.13. The Morgan fingerprint density at radius 3 is 2.83 bits per heavy atom. The Hall–Kier alpha value is -1.67. The molecule has 1 atom stereocenters. The number of aliphatic hydroxyl groups is 1. The van der Waals surface area contributed by atoms with Crippen molar-refractivity contribution < 1.29 is 19.4 Å². The van der Waals surface area contributed by atoms with Gasteiger partial charge in [-0.25, -0.2) is 9.78 Å². The zero-order chi connectivity index (χ0) is 13.7. The first kappa shape index (κ1) is 14.4.